The summed E-state index contributed by atoms with van der Waals surface area (Å²) >= 11 is 0. The van der Waals surface area contributed by atoms with Gasteiger partial charge in [0.2, 0.25) is 5.91 Å². The molecule has 1 aliphatic carbocycles. The summed E-state index contributed by atoms with van der Waals surface area (Å²) in [5, 5.41) is 6.05. The third kappa shape index (κ3) is 11.0. The van der Waals surface area contributed by atoms with Crippen molar-refractivity contribution in [2.75, 3.05) is 12.4 Å². The topological polar surface area (TPSA) is 99.8 Å². The number of anilines is 1. The molecule has 0 bridgehead atoms. The van der Waals surface area contributed by atoms with E-state index in [1.165, 1.54) is 0 Å². The zero-order valence-corrected chi connectivity index (χ0v) is 25.5. The Kier molecular flexibility index (Phi) is 12.8. The van der Waals surface area contributed by atoms with Gasteiger partial charge >= 0.3 is 6.03 Å². The number of hydrogen-bond donors (Lipinski definition) is 3. The molecule has 2 rings (SSSR count). The Labute approximate surface area is 245 Å². The van der Waals surface area contributed by atoms with Crippen LogP contribution in [-0.4, -0.2) is 30.1 Å². The maximum absolute atomic E-state index is 13.4. The number of nitrogens with two attached hydrogens (primary N) is 1. The quantitative estimate of drug-likeness (QED) is 0.193. The van der Waals surface area contributed by atoms with E-state index < -0.39 is 0 Å². The first-order valence-electron chi connectivity index (χ1n) is 13.9. The van der Waals surface area contributed by atoms with Gasteiger partial charge in [0.05, 0.1) is 0 Å². The molecule has 0 heterocycles. The monoisotopic (exact) mass is 555 g/mol. The van der Waals surface area contributed by atoms with Crippen LogP contribution >= 0.6 is 0 Å². The van der Waals surface area contributed by atoms with Crippen LogP contribution < -0.4 is 16.4 Å². The first-order valence-corrected chi connectivity index (χ1v) is 13.9. The number of allylic oxidation sites excluding steroid dienone is 11. The van der Waals surface area contributed by atoms with Gasteiger partial charge in [-0.3, -0.25) is 15.1 Å². The first kappa shape index (κ1) is 32.8. The van der Waals surface area contributed by atoms with Gasteiger partial charge in [-0.1, -0.05) is 69.4 Å². The van der Waals surface area contributed by atoms with Gasteiger partial charge in [0.15, 0.2) is 0 Å². The Morgan fingerprint density at radius 2 is 1.93 bits per heavy atom. The molecule has 0 aromatic heterocycles. The number of nitrogens with zero attached hydrogens (tertiary/aromatic N) is 2. The molecule has 0 saturated carbocycles. The van der Waals surface area contributed by atoms with E-state index in [0.29, 0.717) is 17.9 Å². The van der Waals surface area contributed by atoms with Crippen LogP contribution in [0.25, 0.3) is 5.57 Å². The van der Waals surface area contributed by atoms with Gasteiger partial charge in [-0.15, -0.1) is 0 Å². The molecule has 0 saturated heterocycles. The molecule has 1 aliphatic rings. The summed E-state index contributed by atoms with van der Waals surface area (Å²) < 4.78 is 0. The Balaban J connectivity index is 2.40. The SMILES string of the molecule is CC=N/C=C(\C=C/C)c1cccc(NC(=O)N/C(=C/C(=C/C)C(C)(C)C)N(C)C2=CCC=CC(CCC(N)=O)=C2)c1. The summed E-state index contributed by atoms with van der Waals surface area (Å²) in [6.45, 7) is 12.2. The van der Waals surface area contributed by atoms with Crippen molar-refractivity contribution < 1.29 is 9.59 Å². The molecule has 0 spiro atoms. The number of likely N-dealkylation sites (N-methyl/N-ethyl adjacent to an activating group) is 1. The van der Waals surface area contributed by atoms with Crippen LogP contribution in [-0.2, 0) is 4.79 Å². The second kappa shape index (κ2) is 16.0. The molecule has 4 N–H and O–H groups in total. The summed E-state index contributed by atoms with van der Waals surface area (Å²) in [5.74, 6) is 0.284. The summed E-state index contributed by atoms with van der Waals surface area (Å²) in [6.07, 6.45) is 21.3. The van der Waals surface area contributed by atoms with Gasteiger partial charge in [0.1, 0.15) is 5.82 Å². The minimum atomic E-state index is -0.363. The zero-order chi connectivity index (χ0) is 30.4. The molecule has 1 aromatic carbocycles. The van der Waals surface area contributed by atoms with Crippen molar-refractivity contribution in [2.45, 2.75) is 60.8 Å². The average Bonchev–Trinajstić information content (AvgIpc) is 3.17. The van der Waals surface area contributed by atoms with Crippen molar-refractivity contribution >= 4 is 29.4 Å². The van der Waals surface area contributed by atoms with E-state index in [1.54, 1.807) is 12.4 Å². The average molecular weight is 556 g/mol. The highest BCUT2D eigenvalue weighted by atomic mass is 16.2. The van der Waals surface area contributed by atoms with Crippen molar-refractivity contribution in [3.8, 4) is 0 Å². The second-order valence-corrected chi connectivity index (χ2v) is 10.7. The number of benzene rings is 1. The highest BCUT2D eigenvalue weighted by molar-refractivity contribution is 5.91. The van der Waals surface area contributed by atoms with Gasteiger partial charge in [-0.25, -0.2) is 4.79 Å². The van der Waals surface area contributed by atoms with E-state index >= 15 is 0 Å². The normalized spacial score (nSPS) is 15.0. The molecule has 3 amide bonds. The largest absolute Gasteiger partial charge is 0.370 e. The summed E-state index contributed by atoms with van der Waals surface area (Å²) in [5.41, 5.74) is 10.8. The maximum atomic E-state index is 13.4. The van der Waals surface area contributed by atoms with E-state index in [4.69, 9.17) is 5.73 Å². The number of amides is 3. The van der Waals surface area contributed by atoms with Crippen molar-refractivity contribution in [1.82, 2.24) is 10.2 Å². The number of primary amides is 1. The Morgan fingerprint density at radius 1 is 1.17 bits per heavy atom. The van der Waals surface area contributed by atoms with E-state index in [-0.39, 0.29) is 23.8 Å². The summed E-state index contributed by atoms with van der Waals surface area (Å²) in [4.78, 5) is 30.9. The molecular formula is C34H45N5O2. The van der Waals surface area contributed by atoms with Crippen LogP contribution in [0.3, 0.4) is 0 Å². The standard InChI is InChI=1S/C34H45N5O2/c1-8-14-27(24-36-10-3)26-16-13-17-29(22-26)37-33(41)38-32(23-28(9-2)34(4,5)6)39(7)30-18-12-11-15-25(21-30)19-20-31(35)40/h8-11,13-18,21-24H,12,19-20H2,1-7H3,(H2,35,40)(H2,37,38,41)/b14-8-,27-24+,28-9-,32-23-,36-10?. The Hall–Kier alpha value is -4.39. The third-order valence-corrected chi connectivity index (χ3v) is 6.41. The predicted octanol–water partition coefficient (Wildman–Crippen LogP) is 7.62. The molecule has 41 heavy (non-hydrogen) atoms. The van der Waals surface area contributed by atoms with Gasteiger partial charge < -0.3 is 16.0 Å². The predicted molar refractivity (Wildman–Crippen MR) is 173 cm³/mol. The zero-order valence-electron chi connectivity index (χ0n) is 25.5. The number of rotatable bonds is 11. The number of carbonyl (C=O) groups is 2. The Morgan fingerprint density at radius 3 is 2.56 bits per heavy atom. The first-order chi connectivity index (χ1) is 19.5. The van der Waals surface area contributed by atoms with E-state index in [2.05, 4.69) is 54.6 Å². The molecule has 0 radical (unpaired) electrons. The number of aliphatic imine (C=N–C) groups is 1. The highest BCUT2D eigenvalue weighted by Crippen LogP contribution is 2.29. The van der Waals surface area contributed by atoms with Crippen LogP contribution in [0, 0.1) is 5.41 Å². The van der Waals surface area contributed by atoms with Crippen molar-refractivity contribution in [3.05, 3.63) is 107 Å². The Bertz CT molecular complexity index is 1330. The van der Waals surface area contributed by atoms with Crippen molar-refractivity contribution in [1.29, 1.82) is 0 Å². The van der Waals surface area contributed by atoms with Gasteiger partial charge in [-0.05, 0) is 85.6 Å². The molecule has 1 aromatic rings. The summed E-state index contributed by atoms with van der Waals surface area (Å²) in [7, 11) is 1.92. The molecular weight excluding hydrogens is 510 g/mol. The molecule has 0 unspecified atom stereocenters. The molecule has 0 atom stereocenters. The van der Waals surface area contributed by atoms with Crippen LogP contribution in [0.2, 0.25) is 0 Å². The maximum Gasteiger partial charge on any atom is 0.324 e. The van der Waals surface area contributed by atoms with Crippen LogP contribution in [0.1, 0.15) is 66.4 Å². The molecule has 0 aliphatic heterocycles. The van der Waals surface area contributed by atoms with Crippen LogP contribution in [0.4, 0.5) is 10.5 Å². The molecule has 7 heteroatoms. The smallest absolute Gasteiger partial charge is 0.324 e. The fourth-order valence-corrected chi connectivity index (χ4v) is 4.20. The number of urea groups is 1. The molecule has 218 valence electrons. The van der Waals surface area contributed by atoms with Crippen LogP contribution in [0.15, 0.2) is 107 Å². The third-order valence-electron chi connectivity index (χ3n) is 6.41. The van der Waals surface area contributed by atoms with Crippen molar-refractivity contribution in [2.24, 2.45) is 16.1 Å². The minimum Gasteiger partial charge on any atom is -0.370 e. The van der Waals surface area contributed by atoms with Gasteiger partial charge in [0.25, 0.3) is 0 Å². The fourth-order valence-electron chi connectivity index (χ4n) is 4.20. The lowest BCUT2D eigenvalue weighted by molar-refractivity contribution is -0.117. The van der Waals surface area contributed by atoms with Gasteiger partial charge in [-0.2, -0.15) is 0 Å². The van der Waals surface area contributed by atoms with Crippen LogP contribution in [0.5, 0.6) is 0 Å². The molecule has 7 nitrogen and oxygen atoms in total. The number of hydrogen-bond acceptors (Lipinski definition) is 4. The second-order valence-electron chi connectivity index (χ2n) is 10.7. The molecule has 0 fully saturated rings. The number of nitrogens with one attached hydrogen (secondary N) is 2. The van der Waals surface area contributed by atoms with Crippen molar-refractivity contribution in [3.63, 3.8) is 0 Å². The van der Waals surface area contributed by atoms with Gasteiger partial charge in [0, 0.05) is 37.3 Å². The minimum absolute atomic E-state index is 0.133. The lowest BCUT2D eigenvalue weighted by atomic mass is 9.86. The summed E-state index contributed by atoms with van der Waals surface area (Å²) in [6, 6.07) is 7.30. The fraction of sp³-hybridized carbons (Fsp3) is 0.324. The lowest BCUT2D eigenvalue weighted by Gasteiger charge is -2.28. The lowest BCUT2D eigenvalue weighted by Crippen LogP contribution is -2.35. The van der Waals surface area contributed by atoms with E-state index in [0.717, 1.165) is 34.4 Å². The number of carbonyl (C=O) groups excluding carboxylic acids is 2. The van der Waals surface area contributed by atoms with E-state index in [1.807, 2.05) is 87.4 Å². The van der Waals surface area contributed by atoms with E-state index in [9.17, 15) is 9.59 Å². The highest BCUT2D eigenvalue weighted by Gasteiger charge is 2.19.